The van der Waals surface area contributed by atoms with Gasteiger partial charge in [-0.05, 0) is 47.5 Å². The summed E-state index contributed by atoms with van der Waals surface area (Å²) in [6.07, 6.45) is -4.99. The number of oxime groups is 1. The molecule has 16 heteroatoms. The number of aliphatic carboxylic acids is 1. The topological polar surface area (TPSA) is 176 Å². The van der Waals surface area contributed by atoms with Crippen molar-refractivity contribution in [2.24, 2.45) is 16.6 Å². The molecule has 0 saturated heterocycles. The third-order valence-corrected chi connectivity index (χ3v) is 6.20. The van der Waals surface area contributed by atoms with Crippen molar-refractivity contribution in [2.45, 2.75) is 30.1 Å². The van der Waals surface area contributed by atoms with E-state index >= 15 is 0 Å². The number of carboxylic acid groups (broad SMARTS) is 1. The van der Waals surface area contributed by atoms with Crippen LogP contribution in [0.1, 0.15) is 12.0 Å². The number of hydrogen-bond donors (Lipinski definition) is 4. The molecule has 0 amide bonds. The van der Waals surface area contributed by atoms with Crippen molar-refractivity contribution in [1.29, 1.82) is 0 Å². The average molecular weight is 599 g/mol. The molecule has 1 unspecified atom stereocenters. The Bertz CT molecular complexity index is 1170. The van der Waals surface area contributed by atoms with Crippen LogP contribution in [0.25, 0.3) is 0 Å². The maximum Gasteiger partial charge on any atom is 0.573 e. The standard InChI is InChI=1S/C20H22BrF3N4O7S/c21-13-4-7-17(16(11-13)35-20(22,23)24)36(31,32)28-15(18(29)30)10-12-2-5-14(6-3-12)33-8-1-9-34-27-19(25)26/h2-7,11,15,28H,1,8-10H2,(H,29,30)(H4,25,26,27). The second kappa shape index (κ2) is 12.6. The number of halogens is 4. The van der Waals surface area contributed by atoms with Gasteiger partial charge in [0.15, 0.2) is 5.75 Å². The van der Waals surface area contributed by atoms with E-state index in [0.717, 1.165) is 12.1 Å². The maximum atomic E-state index is 12.8. The predicted octanol–water partition coefficient (Wildman–Crippen LogP) is 2.30. The summed E-state index contributed by atoms with van der Waals surface area (Å²) in [5, 5.41) is 12.9. The smallest absolute Gasteiger partial charge is 0.493 e. The minimum Gasteiger partial charge on any atom is -0.493 e. The minimum atomic E-state index is -5.17. The lowest BCUT2D eigenvalue weighted by Crippen LogP contribution is -2.42. The maximum absolute atomic E-state index is 12.8. The van der Waals surface area contributed by atoms with E-state index in [1.165, 1.54) is 18.2 Å². The number of hydrogen-bond acceptors (Lipinski definition) is 7. The molecule has 6 N–H and O–H groups in total. The number of nitrogens with zero attached hydrogens (tertiary/aromatic N) is 1. The monoisotopic (exact) mass is 598 g/mol. The highest BCUT2D eigenvalue weighted by Gasteiger charge is 2.35. The first kappa shape index (κ1) is 29.0. The molecule has 1 atom stereocenters. The molecule has 36 heavy (non-hydrogen) atoms. The Labute approximate surface area is 212 Å². The van der Waals surface area contributed by atoms with Crippen LogP contribution in [0.5, 0.6) is 11.5 Å². The molecule has 0 fully saturated rings. The van der Waals surface area contributed by atoms with Crippen LogP contribution in [0.15, 0.2) is 57.0 Å². The highest BCUT2D eigenvalue weighted by Crippen LogP contribution is 2.32. The van der Waals surface area contributed by atoms with Crippen molar-refractivity contribution in [1.82, 2.24) is 4.72 Å². The molecular weight excluding hydrogens is 577 g/mol. The quantitative estimate of drug-likeness (QED) is 0.117. The van der Waals surface area contributed by atoms with Crippen LogP contribution in [0.2, 0.25) is 0 Å². The van der Waals surface area contributed by atoms with Gasteiger partial charge in [0.05, 0.1) is 6.61 Å². The zero-order valence-corrected chi connectivity index (χ0v) is 20.8. The van der Waals surface area contributed by atoms with E-state index in [0.29, 0.717) is 17.7 Å². The zero-order valence-electron chi connectivity index (χ0n) is 18.4. The molecule has 198 valence electrons. The summed E-state index contributed by atoms with van der Waals surface area (Å²) in [6.45, 7) is 0.483. The molecule has 0 bridgehead atoms. The van der Waals surface area contributed by atoms with Crippen LogP contribution >= 0.6 is 15.9 Å². The van der Waals surface area contributed by atoms with Gasteiger partial charge in [0, 0.05) is 10.9 Å². The minimum absolute atomic E-state index is 0.124. The highest BCUT2D eigenvalue weighted by atomic mass is 79.9. The lowest BCUT2D eigenvalue weighted by atomic mass is 10.1. The van der Waals surface area contributed by atoms with Crippen LogP contribution in [0.4, 0.5) is 13.2 Å². The predicted molar refractivity (Wildman–Crippen MR) is 125 cm³/mol. The first-order chi connectivity index (χ1) is 16.8. The summed E-state index contributed by atoms with van der Waals surface area (Å²) in [5.74, 6) is -2.30. The van der Waals surface area contributed by atoms with Gasteiger partial charge in [0.2, 0.25) is 16.0 Å². The highest BCUT2D eigenvalue weighted by molar-refractivity contribution is 9.10. The van der Waals surface area contributed by atoms with Gasteiger partial charge in [-0.1, -0.05) is 28.1 Å². The first-order valence-corrected chi connectivity index (χ1v) is 12.3. The second-order valence-corrected chi connectivity index (χ2v) is 9.65. The van der Waals surface area contributed by atoms with Crippen LogP contribution < -0.4 is 25.7 Å². The molecule has 0 aliphatic rings. The summed E-state index contributed by atoms with van der Waals surface area (Å²) >= 11 is 2.94. The van der Waals surface area contributed by atoms with Crippen molar-refractivity contribution in [3.05, 3.63) is 52.5 Å². The Morgan fingerprint density at radius 1 is 1.14 bits per heavy atom. The Hall–Kier alpha value is -3.24. The van der Waals surface area contributed by atoms with Gasteiger partial charge in [-0.3, -0.25) is 4.79 Å². The summed E-state index contributed by atoms with van der Waals surface area (Å²) in [5.41, 5.74) is 10.6. The number of nitrogens with two attached hydrogens (primary N) is 2. The largest absolute Gasteiger partial charge is 0.573 e. The fraction of sp³-hybridized carbons (Fsp3) is 0.300. The van der Waals surface area contributed by atoms with E-state index in [-0.39, 0.29) is 30.1 Å². The van der Waals surface area contributed by atoms with E-state index in [1.807, 2.05) is 4.72 Å². The van der Waals surface area contributed by atoms with E-state index in [9.17, 15) is 31.5 Å². The lowest BCUT2D eigenvalue weighted by Gasteiger charge is -2.18. The van der Waals surface area contributed by atoms with E-state index < -0.39 is 39.0 Å². The summed E-state index contributed by atoms with van der Waals surface area (Å²) in [7, 11) is -4.72. The second-order valence-electron chi connectivity index (χ2n) is 7.05. The lowest BCUT2D eigenvalue weighted by molar-refractivity contribution is -0.275. The number of alkyl halides is 3. The number of carboxylic acids is 1. The van der Waals surface area contributed by atoms with Crippen molar-refractivity contribution in [3.63, 3.8) is 0 Å². The number of sulfonamides is 1. The van der Waals surface area contributed by atoms with Gasteiger partial charge >= 0.3 is 12.3 Å². The van der Waals surface area contributed by atoms with Crippen LogP contribution in [0, 0.1) is 0 Å². The van der Waals surface area contributed by atoms with Crippen molar-refractivity contribution in [2.75, 3.05) is 13.2 Å². The van der Waals surface area contributed by atoms with Gasteiger partial charge in [-0.25, -0.2) is 8.42 Å². The van der Waals surface area contributed by atoms with Crippen LogP contribution in [0.3, 0.4) is 0 Å². The SMILES string of the molecule is NC(N)=NOCCCOc1ccc(CC(NS(=O)(=O)c2ccc(Br)cc2OC(F)(F)F)C(=O)O)cc1. The average Bonchev–Trinajstić information content (AvgIpc) is 2.75. The number of ether oxygens (including phenoxy) is 2. The van der Waals surface area contributed by atoms with Gasteiger partial charge in [-0.15, -0.1) is 13.2 Å². The Morgan fingerprint density at radius 2 is 1.81 bits per heavy atom. The Kier molecular flexibility index (Phi) is 10.2. The normalized spacial score (nSPS) is 12.4. The number of rotatable bonds is 13. The summed E-state index contributed by atoms with van der Waals surface area (Å²) in [6, 6.07) is 7.30. The summed E-state index contributed by atoms with van der Waals surface area (Å²) < 4.78 is 75.0. The van der Waals surface area contributed by atoms with Gasteiger partial charge in [0.25, 0.3) is 0 Å². The molecule has 0 radical (unpaired) electrons. The van der Waals surface area contributed by atoms with E-state index in [2.05, 4.69) is 25.8 Å². The molecule has 0 saturated carbocycles. The number of guanidine groups is 1. The summed E-state index contributed by atoms with van der Waals surface area (Å²) in [4.78, 5) is 15.6. The zero-order chi connectivity index (χ0) is 26.9. The first-order valence-electron chi connectivity index (χ1n) is 10.00. The third-order valence-electron chi connectivity index (χ3n) is 4.20. The molecular formula is C20H22BrF3N4O7S. The molecule has 2 aromatic carbocycles. The van der Waals surface area contributed by atoms with Crippen molar-refractivity contribution in [3.8, 4) is 11.5 Å². The molecule has 0 spiro atoms. The third kappa shape index (κ3) is 9.79. The van der Waals surface area contributed by atoms with Crippen LogP contribution in [-0.4, -0.2) is 51.1 Å². The molecule has 2 rings (SSSR count). The van der Waals surface area contributed by atoms with Gasteiger partial charge < -0.3 is 30.9 Å². The fourth-order valence-electron chi connectivity index (χ4n) is 2.73. The van der Waals surface area contributed by atoms with E-state index in [4.69, 9.17) is 21.0 Å². The van der Waals surface area contributed by atoms with Gasteiger partial charge in [-0.2, -0.15) is 4.72 Å². The van der Waals surface area contributed by atoms with E-state index in [1.54, 1.807) is 12.1 Å². The Balaban J connectivity index is 2.06. The van der Waals surface area contributed by atoms with Gasteiger partial charge in [0.1, 0.15) is 23.3 Å². The molecule has 11 nitrogen and oxygen atoms in total. The fourth-order valence-corrected chi connectivity index (χ4v) is 4.37. The molecule has 0 aliphatic carbocycles. The number of benzene rings is 2. The number of carbonyl (C=O) groups is 1. The molecule has 0 aromatic heterocycles. The Morgan fingerprint density at radius 3 is 2.39 bits per heavy atom. The van der Waals surface area contributed by atoms with Crippen LogP contribution in [-0.2, 0) is 26.1 Å². The van der Waals surface area contributed by atoms with Crippen molar-refractivity contribution < 1.29 is 45.8 Å². The molecule has 2 aromatic rings. The van der Waals surface area contributed by atoms with Crippen molar-refractivity contribution >= 4 is 37.9 Å². The molecule has 0 aliphatic heterocycles. The molecule has 0 heterocycles. The number of nitrogens with one attached hydrogen (secondary N) is 1.